The summed E-state index contributed by atoms with van der Waals surface area (Å²) in [7, 11) is 3.11. The first-order chi connectivity index (χ1) is 17.0. The number of para-hydroxylation sites is 1. The second-order valence-corrected chi connectivity index (χ2v) is 8.29. The molecular formula is C29H34N2O4. The Balaban J connectivity index is 1.54. The van der Waals surface area contributed by atoms with Crippen LogP contribution in [-0.4, -0.2) is 50.6 Å². The molecule has 0 aliphatic rings. The van der Waals surface area contributed by atoms with E-state index in [0.717, 1.165) is 18.5 Å². The molecule has 0 heterocycles. The number of likely N-dealkylation sites (N-methyl/N-ethyl adjacent to an activating group) is 1. The molecule has 0 bridgehead atoms. The molecule has 6 heteroatoms. The van der Waals surface area contributed by atoms with Crippen LogP contribution in [0.1, 0.15) is 44.3 Å². The maximum Gasteiger partial charge on any atom is 0.337 e. The van der Waals surface area contributed by atoms with Crippen LogP contribution < -0.4 is 5.32 Å². The molecule has 3 aromatic carbocycles. The van der Waals surface area contributed by atoms with Crippen LogP contribution >= 0.6 is 0 Å². The lowest BCUT2D eigenvalue weighted by Crippen LogP contribution is -2.31. The van der Waals surface area contributed by atoms with Crippen molar-refractivity contribution in [3.05, 3.63) is 101 Å². The molecule has 0 unspecified atom stereocenters. The molecule has 0 atom stereocenters. The predicted octanol–water partition coefficient (Wildman–Crippen LogP) is 4.98. The van der Waals surface area contributed by atoms with Gasteiger partial charge in [-0.3, -0.25) is 4.79 Å². The number of nitrogens with zero attached hydrogens (tertiary/aromatic N) is 1. The largest absolute Gasteiger partial charge is 0.465 e. The summed E-state index contributed by atoms with van der Waals surface area (Å²) in [4.78, 5) is 26.0. The van der Waals surface area contributed by atoms with Crippen LogP contribution in [0.4, 0.5) is 5.69 Å². The third kappa shape index (κ3) is 7.42. The van der Waals surface area contributed by atoms with Crippen LogP contribution in [0.2, 0.25) is 0 Å². The van der Waals surface area contributed by atoms with Gasteiger partial charge < -0.3 is 19.7 Å². The smallest absolute Gasteiger partial charge is 0.337 e. The molecule has 0 saturated heterocycles. The van der Waals surface area contributed by atoms with Crippen LogP contribution in [0.3, 0.4) is 0 Å². The molecule has 0 aliphatic heterocycles. The summed E-state index contributed by atoms with van der Waals surface area (Å²) in [5, 5.41) is 3.49. The van der Waals surface area contributed by atoms with Crippen molar-refractivity contribution in [2.75, 3.05) is 39.2 Å². The van der Waals surface area contributed by atoms with E-state index in [-0.39, 0.29) is 5.91 Å². The van der Waals surface area contributed by atoms with Gasteiger partial charge in [0.2, 0.25) is 0 Å². The average molecular weight is 475 g/mol. The zero-order chi connectivity index (χ0) is 25.0. The normalized spacial score (nSPS) is 10.6. The molecule has 0 radical (unpaired) electrons. The summed E-state index contributed by atoms with van der Waals surface area (Å²) < 4.78 is 10.3. The molecule has 1 N–H and O–H groups in total. The van der Waals surface area contributed by atoms with E-state index >= 15 is 0 Å². The number of nitrogens with one attached hydrogen (secondary N) is 1. The Labute approximate surface area is 207 Å². The standard InChI is InChI=1S/C29H34N2O4/c1-4-35-21-26-11-6-5-9-22(26)13-14-23-10-7-8-12-27(23)30-19-20-31(2)28(32)24-15-17-25(18-16-24)29(33)34-3/h5-12,15-18,30H,4,13-14,19-21H2,1-3H3. The van der Waals surface area contributed by atoms with Crippen molar-refractivity contribution >= 4 is 17.6 Å². The molecule has 6 nitrogen and oxygen atoms in total. The van der Waals surface area contributed by atoms with Gasteiger partial charge in [-0.15, -0.1) is 0 Å². The van der Waals surface area contributed by atoms with Crippen molar-refractivity contribution in [2.24, 2.45) is 0 Å². The fraction of sp³-hybridized carbons (Fsp3) is 0.310. The Morgan fingerprint density at radius 1 is 0.829 bits per heavy atom. The minimum absolute atomic E-state index is 0.0950. The molecule has 0 aliphatic carbocycles. The number of benzene rings is 3. The molecule has 0 saturated carbocycles. The quantitative estimate of drug-likeness (QED) is 0.375. The van der Waals surface area contributed by atoms with E-state index in [1.165, 1.54) is 23.8 Å². The van der Waals surface area contributed by atoms with Crippen molar-refractivity contribution in [1.82, 2.24) is 4.90 Å². The first kappa shape index (κ1) is 26.0. The highest BCUT2D eigenvalue weighted by Gasteiger charge is 2.13. The van der Waals surface area contributed by atoms with E-state index in [9.17, 15) is 9.59 Å². The second-order valence-electron chi connectivity index (χ2n) is 8.29. The zero-order valence-electron chi connectivity index (χ0n) is 20.8. The van der Waals surface area contributed by atoms with Gasteiger partial charge in [-0.25, -0.2) is 4.79 Å². The van der Waals surface area contributed by atoms with Crippen molar-refractivity contribution in [3.8, 4) is 0 Å². The molecule has 184 valence electrons. The molecule has 35 heavy (non-hydrogen) atoms. The topological polar surface area (TPSA) is 67.9 Å². The van der Waals surface area contributed by atoms with E-state index in [1.807, 2.05) is 13.0 Å². The minimum Gasteiger partial charge on any atom is -0.465 e. The van der Waals surface area contributed by atoms with E-state index in [2.05, 4.69) is 47.8 Å². The lowest BCUT2D eigenvalue weighted by molar-refractivity contribution is 0.0600. The lowest BCUT2D eigenvalue weighted by atomic mass is 9.99. The average Bonchev–Trinajstić information content (AvgIpc) is 2.90. The van der Waals surface area contributed by atoms with Crippen LogP contribution in [-0.2, 0) is 28.9 Å². The summed E-state index contributed by atoms with van der Waals surface area (Å²) in [6, 6.07) is 23.2. The highest BCUT2D eigenvalue weighted by molar-refractivity contribution is 5.96. The summed E-state index contributed by atoms with van der Waals surface area (Å²) >= 11 is 0. The van der Waals surface area contributed by atoms with Crippen molar-refractivity contribution in [3.63, 3.8) is 0 Å². The number of anilines is 1. The Kier molecular flexibility index (Phi) is 9.87. The van der Waals surface area contributed by atoms with E-state index in [0.29, 0.717) is 37.4 Å². The fourth-order valence-corrected chi connectivity index (χ4v) is 3.88. The maximum absolute atomic E-state index is 12.7. The molecular weight excluding hydrogens is 440 g/mol. The van der Waals surface area contributed by atoms with Crippen LogP contribution in [0.15, 0.2) is 72.8 Å². The van der Waals surface area contributed by atoms with Crippen LogP contribution in [0, 0.1) is 0 Å². The summed E-state index contributed by atoms with van der Waals surface area (Å²) in [5.41, 5.74) is 5.82. The van der Waals surface area contributed by atoms with Crippen LogP contribution in [0.25, 0.3) is 0 Å². The number of carbonyl (C=O) groups is 2. The van der Waals surface area contributed by atoms with Crippen molar-refractivity contribution < 1.29 is 19.1 Å². The summed E-state index contributed by atoms with van der Waals surface area (Å²) in [6.07, 6.45) is 1.84. The lowest BCUT2D eigenvalue weighted by Gasteiger charge is -2.19. The maximum atomic E-state index is 12.7. The van der Waals surface area contributed by atoms with Crippen molar-refractivity contribution in [2.45, 2.75) is 26.4 Å². The highest BCUT2D eigenvalue weighted by atomic mass is 16.5. The van der Waals surface area contributed by atoms with Gasteiger partial charge in [-0.2, -0.15) is 0 Å². The number of carbonyl (C=O) groups excluding carboxylic acids is 2. The summed E-state index contributed by atoms with van der Waals surface area (Å²) in [5.74, 6) is -0.514. The van der Waals surface area contributed by atoms with E-state index < -0.39 is 5.97 Å². The van der Waals surface area contributed by atoms with Gasteiger partial charge in [-0.1, -0.05) is 42.5 Å². The first-order valence-corrected chi connectivity index (χ1v) is 11.9. The fourth-order valence-electron chi connectivity index (χ4n) is 3.88. The number of aryl methyl sites for hydroxylation is 2. The Morgan fingerprint density at radius 3 is 2.11 bits per heavy atom. The van der Waals surface area contributed by atoms with Gasteiger partial charge in [0.15, 0.2) is 0 Å². The SMILES string of the molecule is CCOCc1ccccc1CCc1ccccc1NCCN(C)C(=O)c1ccc(C(=O)OC)cc1. The third-order valence-corrected chi connectivity index (χ3v) is 5.92. The second kappa shape index (κ2) is 13.3. The number of hydrogen-bond acceptors (Lipinski definition) is 5. The molecule has 3 aromatic rings. The Morgan fingerprint density at radius 2 is 1.43 bits per heavy atom. The first-order valence-electron chi connectivity index (χ1n) is 11.9. The molecule has 3 rings (SSSR count). The summed E-state index contributed by atoms with van der Waals surface area (Å²) in [6.45, 7) is 4.52. The van der Waals surface area contributed by atoms with E-state index in [4.69, 9.17) is 9.47 Å². The molecule has 0 fully saturated rings. The van der Waals surface area contributed by atoms with Gasteiger partial charge >= 0.3 is 5.97 Å². The van der Waals surface area contributed by atoms with Gasteiger partial charge in [-0.05, 0) is 66.8 Å². The molecule has 0 aromatic heterocycles. The molecule has 0 spiro atoms. The third-order valence-electron chi connectivity index (χ3n) is 5.92. The van der Waals surface area contributed by atoms with Gasteiger partial charge in [0.1, 0.15) is 0 Å². The monoisotopic (exact) mass is 474 g/mol. The van der Waals surface area contributed by atoms with Gasteiger partial charge in [0.25, 0.3) is 5.91 Å². The predicted molar refractivity (Wildman–Crippen MR) is 139 cm³/mol. The van der Waals surface area contributed by atoms with Gasteiger partial charge in [0, 0.05) is 38.0 Å². The Hall–Kier alpha value is -3.64. The zero-order valence-corrected chi connectivity index (χ0v) is 20.8. The van der Waals surface area contributed by atoms with Crippen LogP contribution in [0.5, 0.6) is 0 Å². The van der Waals surface area contributed by atoms with E-state index in [1.54, 1.807) is 36.2 Å². The van der Waals surface area contributed by atoms with Gasteiger partial charge in [0.05, 0.1) is 19.3 Å². The number of methoxy groups -OCH3 is 1. The number of hydrogen-bond donors (Lipinski definition) is 1. The van der Waals surface area contributed by atoms with Crippen molar-refractivity contribution in [1.29, 1.82) is 0 Å². The Bertz CT molecular complexity index is 1110. The number of ether oxygens (including phenoxy) is 2. The number of esters is 1. The number of rotatable bonds is 12. The highest BCUT2D eigenvalue weighted by Crippen LogP contribution is 2.19. The number of amides is 1. The minimum atomic E-state index is -0.419. The molecule has 1 amide bonds.